The van der Waals surface area contributed by atoms with Gasteiger partial charge < -0.3 is 32.9 Å². The molecule has 0 aliphatic heterocycles. The lowest BCUT2D eigenvalue weighted by atomic mass is 10.1. The van der Waals surface area contributed by atoms with Crippen molar-refractivity contribution in [3.05, 3.63) is 277 Å². The second-order valence-electron chi connectivity index (χ2n) is 24.8. The first-order valence-corrected chi connectivity index (χ1v) is 29.9. The molecule has 472 valence electrons. The highest BCUT2D eigenvalue weighted by Crippen LogP contribution is 2.26. The number of nitrogens with zero attached hydrogens (tertiary/aromatic N) is 5. The van der Waals surface area contributed by atoms with Gasteiger partial charge in [0.1, 0.15) is 16.8 Å². The summed E-state index contributed by atoms with van der Waals surface area (Å²) in [7, 11) is 0. The second kappa shape index (κ2) is 29.5. The average molecular weight is 1240 g/mol. The van der Waals surface area contributed by atoms with Gasteiger partial charge in [-0.1, -0.05) is 109 Å². The molecule has 11 aromatic rings. The van der Waals surface area contributed by atoms with Crippen LogP contribution in [0.1, 0.15) is 142 Å². The SMILES string of the molecule is CC(C)(C)OC(=O)c1ccc(Cn2c(/C=C/[N+](=O)[O-])cc3ccccc32)cc1.CC(C)(C)OC(=O)c1ccc(Cn2c(C=O)cc3ccccc32)cc1.CC(C)(C)OC(=O)c1ccc(Cn2c(CC[N+](=O)[O-])cc3ccccc32)cc1.O=Cc1cc2ccccc2[nH]1. The third-order valence-electron chi connectivity index (χ3n) is 14.1. The zero-order chi connectivity index (χ0) is 66.3. The molecule has 18 heteroatoms. The Labute approximate surface area is 533 Å². The molecule has 0 bridgehead atoms. The molecule has 0 aliphatic carbocycles. The van der Waals surface area contributed by atoms with Crippen LogP contribution < -0.4 is 0 Å². The van der Waals surface area contributed by atoms with Crippen molar-refractivity contribution in [2.75, 3.05) is 6.54 Å². The number of nitrogens with one attached hydrogen (secondary N) is 1. The topological polar surface area (TPSA) is 230 Å². The maximum Gasteiger partial charge on any atom is 0.338 e. The lowest BCUT2D eigenvalue weighted by Gasteiger charge is -2.19. The highest BCUT2D eigenvalue weighted by Gasteiger charge is 2.21. The molecule has 0 fully saturated rings. The molecular weight excluding hydrogens is 1160 g/mol. The predicted octanol–water partition coefficient (Wildman–Crippen LogP) is 15.8. The number of aldehydes is 2. The number of para-hydroxylation sites is 4. The number of rotatable bonds is 16. The number of hydrogen-bond acceptors (Lipinski definition) is 12. The van der Waals surface area contributed by atoms with Gasteiger partial charge in [0.2, 0.25) is 12.7 Å². The number of fused-ring (bicyclic) bond motifs is 4. The van der Waals surface area contributed by atoms with Crippen molar-refractivity contribution in [3.63, 3.8) is 0 Å². The van der Waals surface area contributed by atoms with E-state index in [-0.39, 0.29) is 29.4 Å². The molecule has 0 spiro atoms. The molecule has 18 nitrogen and oxygen atoms in total. The Morgan fingerprint density at radius 3 is 1.22 bits per heavy atom. The van der Waals surface area contributed by atoms with Gasteiger partial charge in [0.05, 0.1) is 39.4 Å². The van der Waals surface area contributed by atoms with Crippen LogP contribution >= 0.6 is 0 Å². The standard InChI is InChI=1S/C22H24N2O4.C22H22N2O4.C21H21NO3.C9H7NO/c2*1-22(2,3)28-21(25)17-10-8-16(9-11-17)15-23-19(12-13-24(26)27)14-18-6-4-5-7-20(18)23;1-21(2,3)25-20(24)16-10-8-15(9-11-16)13-22-18(14-23)12-17-6-4-5-7-19(17)22;11-6-8-5-7-3-1-2-4-9(7)10-8/h4-11,14H,12-13,15H2,1-3H3;4-14H,15H2,1-3H3;4-12,14H,13H2,1-3H3;1-6,10H/b;13-12+;;. The van der Waals surface area contributed by atoms with E-state index in [1.807, 2.05) is 229 Å². The van der Waals surface area contributed by atoms with Gasteiger partial charge in [-0.05, 0) is 169 Å². The Morgan fingerprint density at radius 2 is 0.826 bits per heavy atom. The summed E-state index contributed by atoms with van der Waals surface area (Å²) in [5, 5.41) is 25.7. The molecule has 4 aromatic heterocycles. The van der Waals surface area contributed by atoms with E-state index >= 15 is 0 Å². The van der Waals surface area contributed by atoms with Gasteiger partial charge in [0.25, 0.3) is 0 Å². The van der Waals surface area contributed by atoms with E-state index < -0.39 is 21.7 Å². The van der Waals surface area contributed by atoms with Crippen LogP contribution in [0.15, 0.2) is 200 Å². The van der Waals surface area contributed by atoms with E-state index in [1.54, 1.807) is 36.4 Å². The first-order valence-electron chi connectivity index (χ1n) is 29.9. The molecule has 1 N–H and O–H groups in total. The number of hydrogen-bond donors (Lipinski definition) is 1. The lowest BCUT2D eigenvalue weighted by Crippen LogP contribution is -2.23. The number of esters is 3. The molecule has 0 saturated heterocycles. The molecule has 0 unspecified atom stereocenters. The number of ether oxygens (including phenoxy) is 3. The summed E-state index contributed by atoms with van der Waals surface area (Å²) in [5.74, 6) is -1.05. The fourth-order valence-corrected chi connectivity index (χ4v) is 10.0. The minimum atomic E-state index is -0.544. The summed E-state index contributed by atoms with van der Waals surface area (Å²) >= 11 is 0. The average Bonchev–Trinajstić information content (AvgIpc) is 1.75. The van der Waals surface area contributed by atoms with E-state index in [2.05, 4.69) is 9.55 Å². The first kappa shape index (κ1) is 66.9. The molecule has 92 heavy (non-hydrogen) atoms. The van der Waals surface area contributed by atoms with Gasteiger partial charge in [-0.25, -0.2) is 14.4 Å². The Morgan fingerprint density at radius 1 is 0.457 bits per heavy atom. The molecule has 0 amide bonds. The Hall–Kier alpha value is -11.0. The minimum absolute atomic E-state index is 0.103. The number of nitro groups is 2. The van der Waals surface area contributed by atoms with Gasteiger partial charge in [-0.2, -0.15) is 0 Å². The highest BCUT2D eigenvalue weighted by molar-refractivity contribution is 5.92. The van der Waals surface area contributed by atoms with Crippen LogP contribution in [0.25, 0.3) is 49.7 Å². The van der Waals surface area contributed by atoms with E-state index in [1.165, 1.54) is 6.08 Å². The van der Waals surface area contributed by atoms with Crippen LogP contribution in [-0.4, -0.2) is 82.4 Å². The largest absolute Gasteiger partial charge is 0.456 e. The molecule has 0 saturated carbocycles. The summed E-state index contributed by atoms with van der Waals surface area (Å²) in [5.41, 5.74) is 9.90. The number of carbonyl (C=O) groups is 5. The van der Waals surface area contributed by atoms with Crippen molar-refractivity contribution in [3.8, 4) is 0 Å². The maximum absolute atomic E-state index is 12.2. The molecule has 0 radical (unpaired) electrons. The van der Waals surface area contributed by atoms with Gasteiger partial charge in [0.15, 0.2) is 12.6 Å². The number of benzene rings is 7. The van der Waals surface area contributed by atoms with Crippen LogP contribution in [0.4, 0.5) is 0 Å². The van der Waals surface area contributed by atoms with Crippen LogP contribution in [0.3, 0.4) is 0 Å². The second-order valence-corrected chi connectivity index (χ2v) is 24.8. The van der Waals surface area contributed by atoms with E-state index in [0.29, 0.717) is 54.1 Å². The molecule has 11 rings (SSSR count). The van der Waals surface area contributed by atoms with E-state index in [9.17, 15) is 44.2 Å². The van der Waals surface area contributed by atoms with Crippen LogP contribution in [-0.2, 0) is 40.3 Å². The third kappa shape index (κ3) is 18.8. The zero-order valence-corrected chi connectivity index (χ0v) is 53.0. The monoisotopic (exact) mass is 1240 g/mol. The van der Waals surface area contributed by atoms with Gasteiger partial charge >= 0.3 is 17.9 Å². The fourth-order valence-electron chi connectivity index (χ4n) is 10.0. The van der Waals surface area contributed by atoms with Crippen LogP contribution in [0.2, 0.25) is 0 Å². The van der Waals surface area contributed by atoms with Crippen LogP contribution in [0.5, 0.6) is 0 Å². The summed E-state index contributed by atoms with van der Waals surface area (Å²) in [6.45, 7) is 18.1. The smallest absolute Gasteiger partial charge is 0.338 e. The quantitative estimate of drug-likeness (QED) is 0.0313. The molecule has 7 aromatic carbocycles. The maximum atomic E-state index is 12.2. The van der Waals surface area contributed by atoms with Crippen molar-refractivity contribution in [2.45, 2.75) is 105 Å². The molecule has 0 aliphatic rings. The van der Waals surface area contributed by atoms with Crippen molar-refractivity contribution in [2.24, 2.45) is 0 Å². The van der Waals surface area contributed by atoms with Crippen molar-refractivity contribution in [1.29, 1.82) is 0 Å². The third-order valence-corrected chi connectivity index (χ3v) is 14.1. The highest BCUT2D eigenvalue weighted by atomic mass is 16.6. The van der Waals surface area contributed by atoms with Crippen LogP contribution in [0, 0.1) is 20.2 Å². The molecule has 0 atom stereocenters. The van der Waals surface area contributed by atoms with Gasteiger partial charge in [0, 0.05) is 80.2 Å². The predicted molar refractivity (Wildman–Crippen MR) is 359 cm³/mol. The Balaban J connectivity index is 0.000000164. The number of carbonyl (C=O) groups excluding carboxylic acids is 5. The fraction of sp³-hybridized carbons (Fsp3) is 0.230. The lowest BCUT2D eigenvalue weighted by molar-refractivity contribution is -0.479. The summed E-state index contributed by atoms with van der Waals surface area (Å²) in [6.07, 6.45) is 4.50. The van der Waals surface area contributed by atoms with E-state index in [0.717, 1.165) is 90.5 Å². The Bertz CT molecular complexity index is 4420. The first-order chi connectivity index (χ1) is 43.7. The van der Waals surface area contributed by atoms with Gasteiger partial charge in [-0.3, -0.25) is 29.8 Å². The number of aromatic amines is 1. The summed E-state index contributed by atoms with van der Waals surface area (Å²) in [6, 6.07) is 60.9. The number of aromatic nitrogens is 4. The minimum Gasteiger partial charge on any atom is -0.456 e. The zero-order valence-electron chi connectivity index (χ0n) is 53.0. The van der Waals surface area contributed by atoms with Crippen molar-refractivity contribution in [1.82, 2.24) is 18.7 Å². The number of H-pyrrole nitrogens is 1. The molecule has 4 heterocycles. The Kier molecular flexibility index (Phi) is 21.5. The summed E-state index contributed by atoms with van der Waals surface area (Å²) in [4.78, 5) is 81.9. The van der Waals surface area contributed by atoms with Gasteiger partial charge in [-0.15, -0.1) is 0 Å². The van der Waals surface area contributed by atoms with Crippen molar-refractivity contribution >= 4 is 80.2 Å². The van der Waals surface area contributed by atoms with E-state index in [4.69, 9.17) is 14.2 Å². The molecular formula is C74H74N6O12. The van der Waals surface area contributed by atoms with Crippen molar-refractivity contribution < 1.29 is 48.0 Å². The normalized spacial score (nSPS) is 11.4. The summed E-state index contributed by atoms with van der Waals surface area (Å²) < 4.78 is 22.2.